The van der Waals surface area contributed by atoms with Gasteiger partial charge in [0.25, 0.3) is 0 Å². The molecule has 0 saturated carbocycles. The van der Waals surface area contributed by atoms with Crippen molar-refractivity contribution in [2.24, 2.45) is 0 Å². The van der Waals surface area contributed by atoms with Crippen LogP contribution in [0.15, 0.2) is 133 Å². The van der Waals surface area contributed by atoms with E-state index in [4.69, 9.17) is 9.97 Å². The van der Waals surface area contributed by atoms with E-state index in [-0.39, 0.29) is 0 Å². The molecule has 8 aromatic rings. The lowest BCUT2D eigenvalue weighted by atomic mass is 10.1. The predicted octanol–water partition coefficient (Wildman–Crippen LogP) is 6.98. The third kappa shape index (κ3) is 3.22. The Labute approximate surface area is 224 Å². The maximum atomic E-state index is 15.2. The van der Waals surface area contributed by atoms with Crippen LogP contribution >= 0.6 is 7.14 Å². The standard InChI is InChI=1S/C34H22N3OP/c38-39(24-12-3-1-4-13-24,25-14-5-2-6-15-25)26-19-20-27-32(22-26)37-31-18-10-9-17-30(31)36-34(37)28-21-23-11-7-8-16-29(23)35-33(27)28/h1-22H. The van der Waals surface area contributed by atoms with Crippen LogP contribution in [0.5, 0.6) is 0 Å². The fourth-order valence-corrected chi connectivity index (χ4v) is 8.43. The first-order chi connectivity index (χ1) is 19.2. The first-order valence-corrected chi connectivity index (χ1v) is 14.7. The van der Waals surface area contributed by atoms with Crippen LogP contribution < -0.4 is 15.9 Å². The molecular formula is C34H22N3OP. The van der Waals surface area contributed by atoms with Crippen molar-refractivity contribution in [1.29, 1.82) is 0 Å². The van der Waals surface area contributed by atoms with Gasteiger partial charge in [0.15, 0.2) is 7.14 Å². The van der Waals surface area contributed by atoms with Crippen LogP contribution in [0.3, 0.4) is 0 Å². The molecule has 0 unspecified atom stereocenters. The zero-order chi connectivity index (χ0) is 26.0. The molecule has 39 heavy (non-hydrogen) atoms. The Morgan fingerprint density at radius 1 is 0.513 bits per heavy atom. The van der Waals surface area contributed by atoms with Crippen molar-refractivity contribution in [3.8, 4) is 0 Å². The molecule has 0 radical (unpaired) electrons. The molecule has 0 aliphatic rings. The van der Waals surface area contributed by atoms with Crippen molar-refractivity contribution in [3.63, 3.8) is 0 Å². The van der Waals surface area contributed by atoms with Crippen molar-refractivity contribution >= 4 is 72.4 Å². The molecule has 0 saturated heterocycles. The predicted molar refractivity (Wildman–Crippen MR) is 162 cm³/mol. The van der Waals surface area contributed by atoms with Crippen LogP contribution in [0.25, 0.3) is 49.4 Å². The molecule has 0 bridgehead atoms. The van der Waals surface area contributed by atoms with Gasteiger partial charge in [0.2, 0.25) is 0 Å². The Morgan fingerprint density at radius 3 is 1.90 bits per heavy atom. The SMILES string of the molecule is O=P(c1ccccc1)(c1ccccc1)c1ccc2c3nc4ccccc4cc3c3nc4ccccc4n3c2c1. The summed E-state index contributed by atoms with van der Waals surface area (Å²) in [4.78, 5) is 10.2. The van der Waals surface area contributed by atoms with Gasteiger partial charge in [0, 0.05) is 32.1 Å². The van der Waals surface area contributed by atoms with E-state index in [0.29, 0.717) is 0 Å². The molecule has 0 aliphatic carbocycles. The molecule has 5 aromatic carbocycles. The molecule has 0 N–H and O–H groups in total. The number of benzene rings is 5. The van der Waals surface area contributed by atoms with Gasteiger partial charge in [-0.1, -0.05) is 97.1 Å². The van der Waals surface area contributed by atoms with Crippen LogP contribution in [0, 0.1) is 0 Å². The second-order valence-corrected chi connectivity index (χ2v) is 12.6. The summed E-state index contributed by atoms with van der Waals surface area (Å²) in [7, 11) is -3.15. The molecular weight excluding hydrogens is 497 g/mol. The lowest BCUT2D eigenvalue weighted by Crippen LogP contribution is -2.25. The number of fused-ring (bicyclic) bond motifs is 9. The monoisotopic (exact) mass is 519 g/mol. The number of rotatable bonds is 3. The van der Waals surface area contributed by atoms with Crippen molar-refractivity contribution < 1.29 is 4.57 Å². The van der Waals surface area contributed by atoms with Gasteiger partial charge in [0.1, 0.15) is 5.65 Å². The highest BCUT2D eigenvalue weighted by Gasteiger charge is 2.30. The van der Waals surface area contributed by atoms with E-state index in [9.17, 15) is 0 Å². The Kier molecular flexibility index (Phi) is 4.76. The van der Waals surface area contributed by atoms with E-state index in [1.165, 1.54) is 0 Å². The summed E-state index contributed by atoms with van der Waals surface area (Å²) in [6.45, 7) is 0. The fraction of sp³-hybridized carbons (Fsp3) is 0. The summed E-state index contributed by atoms with van der Waals surface area (Å²) < 4.78 is 17.4. The minimum absolute atomic E-state index is 0.784. The topological polar surface area (TPSA) is 47.3 Å². The number of nitrogens with zero attached hydrogens (tertiary/aromatic N) is 3. The van der Waals surface area contributed by atoms with Crippen molar-refractivity contribution in [2.75, 3.05) is 0 Å². The van der Waals surface area contributed by atoms with Crippen molar-refractivity contribution in [3.05, 3.63) is 133 Å². The van der Waals surface area contributed by atoms with Crippen LogP contribution in [0.4, 0.5) is 0 Å². The van der Waals surface area contributed by atoms with E-state index < -0.39 is 7.14 Å². The van der Waals surface area contributed by atoms with Crippen molar-refractivity contribution in [1.82, 2.24) is 14.4 Å². The van der Waals surface area contributed by atoms with Gasteiger partial charge in [-0.3, -0.25) is 4.40 Å². The van der Waals surface area contributed by atoms with Gasteiger partial charge in [-0.05, 0) is 36.4 Å². The number of aromatic nitrogens is 3. The normalized spacial score (nSPS) is 12.2. The quantitative estimate of drug-likeness (QED) is 0.144. The largest absolute Gasteiger partial charge is 0.309 e. The van der Waals surface area contributed by atoms with E-state index in [2.05, 4.69) is 34.7 Å². The van der Waals surface area contributed by atoms with Gasteiger partial charge in [-0.15, -0.1) is 0 Å². The Hall–Kier alpha value is -4.79. The first kappa shape index (κ1) is 22.2. The van der Waals surface area contributed by atoms with E-state index in [1.54, 1.807) is 0 Å². The molecule has 3 heterocycles. The molecule has 5 heteroatoms. The molecule has 0 spiro atoms. The molecule has 0 atom stereocenters. The van der Waals surface area contributed by atoms with Gasteiger partial charge < -0.3 is 4.57 Å². The zero-order valence-electron chi connectivity index (χ0n) is 20.9. The highest BCUT2D eigenvalue weighted by Crippen LogP contribution is 2.43. The van der Waals surface area contributed by atoms with Gasteiger partial charge >= 0.3 is 0 Å². The van der Waals surface area contributed by atoms with Gasteiger partial charge in [-0.2, -0.15) is 0 Å². The summed E-state index contributed by atoms with van der Waals surface area (Å²) in [6, 6.07) is 44.3. The maximum Gasteiger partial charge on any atom is 0.171 e. The Balaban J connectivity index is 1.55. The lowest BCUT2D eigenvalue weighted by molar-refractivity contribution is 0.592. The van der Waals surface area contributed by atoms with Crippen LogP contribution in [-0.4, -0.2) is 14.4 Å². The highest BCUT2D eigenvalue weighted by atomic mass is 31.2. The van der Waals surface area contributed by atoms with E-state index in [0.717, 1.165) is 65.3 Å². The lowest BCUT2D eigenvalue weighted by Gasteiger charge is -2.21. The Morgan fingerprint density at radius 2 is 1.15 bits per heavy atom. The summed E-state index contributed by atoms with van der Waals surface area (Å²) in [5.74, 6) is 0. The molecule has 0 aliphatic heterocycles. The molecule has 8 rings (SSSR count). The van der Waals surface area contributed by atoms with Crippen LogP contribution in [0.2, 0.25) is 0 Å². The third-order valence-electron chi connectivity index (χ3n) is 7.61. The summed E-state index contributed by atoms with van der Waals surface area (Å²) in [5.41, 5.74) is 5.56. The second-order valence-electron chi connectivity index (χ2n) is 9.82. The molecule has 0 fully saturated rings. The van der Waals surface area contributed by atoms with E-state index >= 15 is 4.57 Å². The molecule has 4 nitrogen and oxygen atoms in total. The maximum absolute atomic E-state index is 15.2. The third-order valence-corrected chi connectivity index (χ3v) is 10.7. The van der Waals surface area contributed by atoms with Crippen LogP contribution in [-0.2, 0) is 4.57 Å². The molecule has 184 valence electrons. The number of imidazole rings is 1. The minimum atomic E-state index is -3.15. The summed E-state index contributed by atoms with van der Waals surface area (Å²) >= 11 is 0. The number of pyridine rings is 2. The van der Waals surface area contributed by atoms with Gasteiger partial charge in [0.05, 0.1) is 27.6 Å². The number of hydrogen-bond donors (Lipinski definition) is 0. The average Bonchev–Trinajstić information content (AvgIpc) is 3.41. The van der Waals surface area contributed by atoms with Crippen LogP contribution in [0.1, 0.15) is 0 Å². The second kappa shape index (κ2) is 8.36. The summed E-state index contributed by atoms with van der Waals surface area (Å²) in [5, 5.41) is 5.49. The number of hydrogen-bond acceptors (Lipinski definition) is 3. The number of para-hydroxylation sites is 3. The first-order valence-electron chi connectivity index (χ1n) is 13.0. The molecule has 3 aromatic heterocycles. The smallest absolute Gasteiger partial charge is 0.171 e. The average molecular weight is 520 g/mol. The highest BCUT2D eigenvalue weighted by molar-refractivity contribution is 7.85. The van der Waals surface area contributed by atoms with Crippen molar-refractivity contribution in [2.45, 2.75) is 0 Å². The zero-order valence-corrected chi connectivity index (χ0v) is 21.8. The van der Waals surface area contributed by atoms with Gasteiger partial charge in [-0.25, -0.2) is 9.97 Å². The fourth-order valence-electron chi connectivity index (χ4n) is 5.77. The Bertz CT molecular complexity index is 2210. The minimum Gasteiger partial charge on any atom is -0.309 e. The molecule has 0 amide bonds. The van der Waals surface area contributed by atoms with E-state index in [1.807, 2.05) is 103 Å². The summed E-state index contributed by atoms with van der Waals surface area (Å²) in [6.07, 6.45) is 0.